The van der Waals surface area contributed by atoms with Gasteiger partial charge in [0.1, 0.15) is 11.6 Å². The molecule has 7 heteroatoms. The summed E-state index contributed by atoms with van der Waals surface area (Å²) in [5.41, 5.74) is 0.223. The topological polar surface area (TPSA) is 95.9 Å². The maximum atomic E-state index is 13.1. The number of carbonyl (C=O) groups excluding carboxylic acids is 2. The molecule has 3 atom stereocenters. The monoisotopic (exact) mass is 390 g/mol. The Labute approximate surface area is 166 Å². The smallest absolute Gasteiger partial charge is 0.408 e. The first-order valence-electron chi connectivity index (χ1n) is 9.55. The van der Waals surface area contributed by atoms with E-state index in [4.69, 9.17) is 4.74 Å². The van der Waals surface area contributed by atoms with Gasteiger partial charge in [0.05, 0.1) is 5.92 Å². The van der Waals surface area contributed by atoms with Crippen LogP contribution in [0.2, 0.25) is 0 Å². The second kappa shape index (κ2) is 8.63. The third kappa shape index (κ3) is 5.47. The molecule has 154 valence electrons. The van der Waals surface area contributed by atoms with E-state index in [0.717, 1.165) is 5.56 Å². The Hall–Kier alpha value is -2.57. The maximum absolute atomic E-state index is 13.1. The van der Waals surface area contributed by atoms with Gasteiger partial charge < -0.3 is 20.1 Å². The first-order valence-corrected chi connectivity index (χ1v) is 9.55. The van der Waals surface area contributed by atoms with Gasteiger partial charge >= 0.3 is 12.1 Å². The number of carbonyl (C=O) groups is 3. The van der Waals surface area contributed by atoms with Crippen LogP contribution in [0.3, 0.4) is 0 Å². The second-order valence-electron chi connectivity index (χ2n) is 8.57. The van der Waals surface area contributed by atoms with Gasteiger partial charge in [-0.2, -0.15) is 0 Å². The first kappa shape index (κ1) is 21.7. The van der Waals surface area contributed by atoms with E-state index < -0.39 is 29.6 Å². The summed E-state index contributed by atoms with van der Waals surface area (Å²) in [6.45, 7) is 9.34. The average molecular weight is 390 g/mol. The van der Waals surface area contributed by atoms with Crippen LogP contribution in [0.4, 0.5) is 4.79 Å². The van der Waals surface area contributed by atoms with Gasteiger partial charge in [-0.25, -0.2) is 4.79 Å². The van der Waals surface area contributed by atoms with Gasteiger partial charge in [0, 0.05) is 19.0 Å². The summed E-state index contributed by atoms with van der Waals surface area (Å²) in [7, 11) is 0. The van der Waals surface area contributed by atoms with Crippen molar-refractivity contribution in [2.24, 2.45) is 11.8 Å². The van der Waals surface area contributed by atoms with E-state index in [-0.39, 0.29) is 24.3 Å². The van der Waals surface area contributed by atoms with Gasteiger partial charge in [0.2, 0.25) is 5.91 Å². The maximum Gasteiger partial charge on any atom is 0.408 e. The largest absolute Gasteiger partial charge is 0.481 e. The van der Waals surface area contributed by atoms with Crippen LogP contribution in [0.15, 0.2) is 30.3 Å². The predicted molar refractivity (Wildman–Crippen MR) is 105 cm³/mol. The molecule has 0 unspecified atom stereocenters. The number of carboxylic acids is 1. The Bertz CT molecular complexity index is 711. The summed E-state index contributed by atoms with van der Waals surface area (Å²) in [6.07, 6.45) is -0.659. The Kier molecular flexibility index (Phi) is 6.69. The van der Waals surface area contributed by atoms with E-state index >= 15 is 0 Å². The number of aliphatic carboxylic acids is 1. The highest BCUT2D eigenvalue weighted by atomic mass is 16.6. The van der Waals surface area contributed by atoms with Crippen molar-refractivity contribution in [3.05, 3.63) is 35.9 Å². The van der Waals surface area contributed by atoms with E-state index in [1.165, 1.54) is 0 Å². The second-order valence-corrected chi connectivity index (χ2v) is 8.57. The van der Waals surface area contributed by atoms with Gasteiger partial charge in [-0.1, -0.05) is 44.2 Å². The fourth-order valence-corrected chi connectivity index (χ4v) is 3.42. The summed E-state index contributed by atoms with van der Waals surface area (Å²) < 4.78 is 5.27. The van der Waals surface area contributed by atoms with Gasteiger partial charge in [-0.05, 0) is 32.3 Å². The van der Waals surface area contributed by atoms with Gasteiger partial charge in [0.15, 0.2) is 0 Å². The van der Waals surface area contributed by atoms with Crippen molar-refractivity contribution >= 4 is 18.0 Å². The van der Waals surface area contributed by atoms with Crippen LogP contribution in [-0.2, 0) is 14.3 Å². The standard InChI is InChI=1S/C21H30N2O5/c1-13(2)17(22-20(27)28-21(3,4)5)18(24)23-11-15(16(12-23)19(25)26)14-9-7-6-8-10-14/h6-10,13,15-17H,11-12H2,1-5H3,(H,22,27)(H,25,26)/t15-,16+,17+/m1/s1. The number of hydrogen-bond donors (Lipinski definition) is 2. The van der Waals surface area contributed by atoms with Crippen LogP contribution in [-0.4, -0.2) is 52.7 Å². The number of nitrogens with zero attached hydrogens (tertiary/aromatic N) is 1. The Morgan fingerprint density at radius 2 is 1.75 bits per heavy atom. The number of hydrogen-bond acceptors (Lipinski definition) is 4. The zero-order valence-electron chi connectivity index (χ0n) is 17.1. The van der Waals surface area contributed by atoms with E-state index in [0.29, 0.717) is 6.54 Å². The quantitative estimate of drug-likeness (QED) is 0.806. The van der Waals surface area contributed by atoms with E-state index in [1.807, 2.05) is 44.2 Å². The number of rotatable bonds is 5. The molecule has 0 saturated carbocycles. The fourth-order valence-electron chi connectivity index (χ4n) is 3.42. The lowest BCUT2D eigenvalue weighted by molar-refractivity contribution is -0.142. The molecule has 0 aromatic heterocycles. The van der Waals surface area contributed by atoms with Gasteiger partial charge in [-0.3, -0.25) is 9.59 Å². The highest BCUT2D eigenvalue weighted by molar-refractivity contribution is 5.87. The van der Waals surface area contributed by atoms with Crippen LogP contribution >= 0.6 is 0 Å². The van der Waals surface area contributed by atoms with E-state index in [1.54, 1.807) is 25.7 Å². The molecule has 0 spiro atoms. The van der Waals surface area contributed by atoms with Crippen LogP contribution in [0.1, 0.15) is 46.1 Å². The molecule has 1 aromatic rings. The summed E-state index contributed by atoms with van der Waals surface area (Å²) >= 11 is 0. The minimum Gasteiger partial charge on any atom is -0.481 e. The molecule has 0 bridgehead atoms. The molecule has 28 heavy (non-hydrogen) atoms. The van der Waals surface area contributed by atoms with Crippen LogP contribution in [0.5, 0.6) is 0 Å². The summed E-state index contributed by atoms with van der Waals surface area (Å²) in [5.74, 6) is -2.34. The number of alkyl carbamates (subject to hydrolysis) is 1. The van der Waals surface area contributed by atoms with Crippen molar-refractivity contribution in [3.63, 3.8) is 0 Å². The number of carboxylic acid groups (broad SMARTS) is 1. The number of nitrogens with one attached hydrogen (secondary N) is 1. The van der Waals surface area contributed by atoms with Crippen molar-refractivity contribution in [2.75, 3.05) is 13.1 Å². The molecule has 2 N–H and O–H groups in total. The average Bonchev–Trinajstić information content (AvgIpc) is 3.04. The lowest BCUT2D eigenvalue weighted by Crippen LogP contribution is -2.51. The number of likely N-dealkylation sites (tertiary alicyclic amines) is 1. The predicted octanol–water partition coefficient (Wildman–Crippen LogP) is 2.86. The van der Waals surface area contributed by atoms with Crippen molar-refractivity contribution < 1.29 is 24.2 Å². The molecular formula is C21H30N2O5. The Balaban J connectivity index is 2.16. The van der Waals surface area contributed by atoms with Crippen molar-refractivity contribution in [3.8, 4) is 0 Å². The molecule has 1 saturated heterocycles. The summed E-state index contributed by atoms with van der Waals surface area (Å²) in [5, 5.41) is 12.3. The fraction of sp³-hybridized carbons (Fsp3) is 0.571. The third-order valence-corrected chi connectivity index (χ3v) is 4.78. The molecule has 1 heterocycles. The Morgan fingerprint density at radius 1 is 1.14 bits per heavy atom. The molecule has 0 aliphatic carbocycles. The highest BCUT2D eigenvalue weighted by Gasteiger charge is 2.42. The zero-order valence-corrected chi connectivity index (χ0v) is 17.1. The molecule has 1 aromatic carbocycles. The molecule has 1 fully saturated rings. The molecule has 7 nitrogen and oxygen atoms in total. The van der Waals surface area contributed by atoms with E-state index in [2.05, 4.69) is 5.32 Å². The number of ether oxygens (including phenoxy) is 1. The van der Waals surface area contributed by atoms with Crippen LogP contribution < -0.4 is 5.32 Å². The normalized spacial score (nSPS) is 20.7. The van der Waals surface area contributed by atoms with Gasteiger partial charge in [-0.15, -0.1) is 0 Å². The summed E-state index contributed by atoms with van der Waals surface area (Å²) in [4.78, 5) is 38.6. The highest BCUT2D eigenvalue weighted by Crippen LogP contribution is 2.33. The SMILES string of the molecule is CC(C)[C@H](NC(=O)OC(C)(C)C)C(=O)N1C[C@H](C(=O)O)[C@@H](c2ccccc2)C1. The Morgan fingerprint density at radius 3 is 2.25 bits per heavy atom. The summed E-state index contributed by atoms with van der Waals surface area (Å²) in [6, 6.07) is 8.58. The number of amides is 2. The minimum atomic E-state index is -0.926. The zero-order chi connectivity index (χ0) is 21.1. The van der Waals surface area contributed by atoms with Crippen molar-refractivity contribution in [2.45, 2.75) is 52.2 Å². The molecule has 2 amide bonds. The van der Waals surface area contributed by atoms with E-state index in [9.17, 15) is 19.5 Å². The number of benzene rings is 1. The lowest BCUT2D eigenvalue weighted by Gasteiger charge is -2.28. The molecule has 0 radical (unpaired) electrons. The molecule has 1 aliphatic heterocycles. The molecular weight excluding hydrogens is 360 g/mol. The minimum absolute atomic E-state index is 0.118. The lowest BCUT2D eigenvalue weighted by atomic mass is 9.89. The first-order chi connectivity index (χ1) is 13.0. The van der Waals surface area contributed by atoms with Crippen molar-refractivity contribution in [1.29, 1.82) is 0 Å². The molecule has 2 rings (SSSR count). The van der Waals surface area contributed by atoms with Crippen LogP contribution in [0.25, 0.3) is 0 Å². The third-order valence-electron chi connectivity index (χ3n) is 4.78. The van der Waals surface area contributed by atoms with Gasteiger partial charge in [0.25, 0.3) is 0 Å². The van der Waals surface area contributed by atoms with Crippen LogP contribution in [0, 0.1) is 11.8 Å². The molecule has 1 aliphatic rings. The van der Waals surface area contributed by atoms with Crippen molar-refractivity contribution in [1.82, 2.24) is 10.2 Å².